The summed E-state index contributed by atoms with van der Waals surface area (Å²) < 4.78 is 5.53. The van der Waals surface area contributed by atoms with Crippen molar-refractivity contribution in [2.75, 3.05) is 33.3 Å². The summed E-state index contributed by atoms with van der Waals surface area (Å²) >= 11 is 0. The number of ether oxygens (including phenoxy) is 1. The molecule has 1 aromatic rings. The van der Waals surface area contributed by atoms with Gasteiger partial charge in [0.2, 0.25) is 5.91 Å². The number of benzene rings is 1. The van der Waals surface area contributed by atoms with Crippen molar-refractivity contribution in [1.29, 1.82) is 0 Å². The number of piperazine rings is 1. The Morgan fingerprint density at radius 3 is 2.04 bits per heavy atom. The monoisotopic (exact) mass is 360 g/mol. The van der Waals surface area contributed by atoms with Gasteiger partial charge in [-0.3, -0.25) is 9.59 Å². The van der Waals surface area contributed by atoms with Crippen molar-refractivity contribution in [2.24, 2.45) is 5.92 Å². The van der Waals surface area contributed by atoms with E-state index < -0.39 is 0 Å². The molecule has 5 nitrogen and oxygen atoms in total. The molecule has 1 heterocycles. The maximum absolute atomic E-state index is 13.1. The number of methoxy groups -OCH3 is 1. The third-order valence-corrected chi connectivity index (χ3v) is 4.96. The lowest BCUT2D eigenvalue weighted by Gasteiger charge is -2.36. The van der Waals surface area contributed by atoms with E-state index in [1.54, 1.807) is 7.11 Å². The summed E-state index contributed by atoms with van der Waals surface area (Å²) in [6, 6.07) is 3.93. The summed E-state index contributed by atoms with van der Waals surface area (Å²) in [5.41, 5.74) is 2.55. The fourth-order valence-corrected chi connectivity index (χ4v) is 3.33. The predicted octanol–water partition coefficient (Wildman–Crippen LogP) is 3.24. The average Bonchev–Trinajstić information content (AvgIpc) is 2.59. The first-order chi connectivity index (χ1) is 12.1. The smallest absolute Gasteiger partial charge is 0.254 e. The summed E-state index contributed by atoms with van der Waals surface area (Å²) in [7, 11) is 1.66. The number of rotatable bonds is 3. The highest BCUT2D eigenvalue weighted by Crippen LogP contribution is 2.34. The van der Waals surface area contributed by atoms with Crippen LogP contribution in [0.3, 0.4) is 0 Å². The standard InChI is InChI=1S/C21H32N2O3/c1-14(2)19(24)22-8-10-23(11-9-22)20(25)16-13-17(21(4,5)6)18(26-7)12-15(16)3/h12-14H,8-11H2,1-7H3. The van der Waals surface area contributed by atoms with Gasteiger partial charge >= 0.3 is 0 Å². The summed E-state index contributed by atoms with van der Waals surface area (Å²) in [5, 5.41) is 0. The van der Waals surface area contributed by atoms with Gasteiger partial charge in [-0.1, -0.05) is 34.6 Å². The van der Waals surface area contributed by atoms with Crippen LogP contribution in [-0.2, 0) is 10.2 Å². The molecule has 1 aliphatic heterocycles. The van der Waals surface area contributed by atoms with E-state index in [0.29, 0.717) is 26.2 Å². The number of aryl methyl sites for hydroxylation is 1. The molecule has 0 aromatic heterocycles. The molecule has 0 spiro atoms. The van der Waals surface area contributed by atoms with E-state index in [4.69, 9.17) is 4.74 Å². The highest BCUT2D eigenvalue weighted by molar-refractivity contribution is 5.96. The Morgan fingerprint density at radius 1 is 1.04 bits per heavy atom. The SMILES string of the molecule is COc1cc(C)c(C(=O)N2CCN(C(=O)C(C)C)CC2)cc1C(C)(C)C. The topological polar surface area (TPSA) is 49.9 Å². The van der Waals surface area contributed by atoms with Crippen LogP contribution in [0.5, 0.6) is 5.75 Å². The van der Waals surface area contributed by atoms with Crippen LogP contribution in [-0.4, -0.2) is 54.9 Å². The van der Waals surface area contributed by atoms with E-state index in [1.165, 1.54) is 0 Å². The molecule has 1 aliphatic rings. The maximum Gasteiger partial charge on any atom is 0.254 e. The minimum absolute atomic E-state index is 0.00423. The highest BCUT2D eigenvalue weighted by Gasteiger charge is 2.28. The van der Waals surface area contributed by atoms with Gasteiger partial charge in [0.25, 0.3) is 5.91 Å². The molecular formula is C21H32N2O3. The largest absolute Gasteiger partial charge is 0.496 e. The zero-order valence-electron chi connectivity index (χ0n) is 17.2. The van der Waals surface area contributed by atoms with Crippen molar-refractivity contribution < 1.29 is 14.3 Å². The average molecular weight is 360 g/mol. The first-order valence-electron chi connectivity index (χ1n) is 9.33. The molecule has 1 saturated heterocycles. The normalized spacial score (nSPS) is 15.4. The molecule has 0 bridgehead atoms. The lowest BCUT2D eigenvalue weighted by Crippen LogP contribution is -2.51. The van der Waals surface area contributed by atoms with Crippen molar-refractivity contribution in [2.45, 2.75) is 47.0 Å². The molecule has 0 atom stereocenters. The number of carbonyl (C=O) groups is 2. The number of carbonyl (C=O) groups excluding carboxylic acids is 2. The van der Waals surface area contributed by atoms with Crippen LogP contribution in [0, 0.1) is 12.8 Å². The van der Waals surface area contributed by atoms with Crippen LogP contribution >= 0.6 is 0 Å². The zero-order chi connectivity index (χ0) is 19.6. The molecule has 1 aromatic carbocycles. The van der Waals surface area contributed by atoms with Gasteiger partial charge in [-0.15, -0.1) is 0 Å². The van der Waals surface area contributed by atoms with Gasteiger partial charge in [0.05, 0.1) is 7.11 Å². The number of amides is 2. The van der Waals surface area contributed by atoms with Crippen molar-refractivity contribution in [3.63, 3.8) is 0 Å². The molecule has 144 valence electrons. The minimum atomic E-state index is -0.115. The summed E-state index contributed by atoms with van der Waals surface area (Å²) in [5.74, 6) is 1.01. The van der Waals surface area contributed by atoms with Gasteiger partial charge in [-0.2, -0.15) is 0 Å². The molecule has 26 heavy (non-hydrogen) atoms. The maximum atomic E-state index is 13.1. The fourth-order valence-electron chi connectivity index (χ4n) is 3.33. The Morgan fingerprint density at radius 2 is 1.58 bits per heavy atom. The van der Waals surface area contributed by atoms with Crippen molar-refractivity contribution in [1.82, 2.24) is 9.80 Å². The third-order valence-electron chi connectivity index (χ3n) is 4.96. The van der Waals surface area contributed by atoms with E-state index in [9.17, 15) is 9.59 Å². The Balaban J connectivity index is 2.22. The van der Waals surface area contributed by atoms with Gasteiger partial charge in [0, 0.05) is 43.2 Å². The van der Waals surface area contributed by atoms with Crippen LogP contribution in [0.1, 0.15) is 56.1 Å². The van der Waals surface area contributed by atoms with Crippen molar-refractivity contribution in [3.8, 4) is 5.75 Å². The second kappa shape index (κ2) is 7.68. The van der Waals surface area contributed by atoms with Crippen molar-refractivity contribution >= 4 is 11.8 Å². The van der Waals surface area contributed by atoms with Crippen molar-refractivity contribution in [3.05, 3.63) is 28.8 Å². The second-order valence-electron chi connectivity index (χ2n) is 8.39. The Bertz CT molecular complexity index is 681. The lowest BCUT2D eigenvalue weighted by atomic mass is 9.84. The van der Waals surface area contributed by atoms with Crippen LogP contribution in [0.15, 0.2) is 12.1 Å². The molecule has 0 aliphatic carbocycles. The Hall–Kier alpha value is -2.04. The van der Waals surface area contributed by atoms with E-state index in [0.717, 1.165) is 22.4 Å². The molecule has 0 unspecified atom stereocenters. The van der Waals surface area contributed by atoms with Gasteiger partial charge in [0.15, 0.2) is 0 Å². The van der Waals surface area contributed by atoms with Gasteiger partial charge < -0.3 is 14.5 Å². The van der Waals surface area contributed by atoms with E-state index in [2.05, 4.69) is 20.8 Å². The molecule has 0 saturated carbocycles. The number of nitrogens with zero attached hydrogens (tertiary/aromatic N) is 2. The molecule has 0 radical (unpaired) electrons. The summed E-state index contributed by atoms with van der Waals surface area (Å²) in [6.45, 7) is 14.5. The van der Waals surface area contributed by atoms with Crippen LogP contribution < -0.4 is 4.74 Å². The zero-order valence-corrected chi connectivity index (χ0v) is 17.2. The molecule has 2 amide bonds. The van der Waals surface area contributed by atoms with Crippen LogP contribution in [0.2, 0.25) is 0 Å². The van der Waals surface area contributed by atoms with E-state index in [-0.39, 0.29) is 23.1 Å². The highest BCUT2D eigenvalue weighted by atomic mass is 16.5. The second-order valence-corrected chi connectivity index (χ2v) is 8.39. The number of hydrogen-bond acceptors (Lipinski definition) is 3. The Labute approximate surface area is 157 Å². The molecular weight excluding hydrogens is 328 g/mol. The van der Waals surface area contributed by atoms with Crippen LogP contribution in [0.4, 0.5) is 0 Å². The number of hydrogen-bond donors (Lipinski definition) is 0. The van der Waals surface area contributed by atoms with Gasteiger partial charge in [0.1, 0.15) is 5.75 Å². The van der Waals surface area contributed by atoms with E-state index >= 15 is 0 Å². The quantitative estimate of drug-likeness (QED) is 0.831. The van der Waals surface area contributed by atoms with E-state index in [1.807, 2.05) is 42.7 Å². The Kier molecular flexibility index (Phi) is 5.99. The lowest BCUT2D eigenvalue weighted by molar-refractivity contribution is -0.135. The first kappa shape index (κ1) is 20.3. The molecule has 1 fully saturated rings. The van der Waals surface area contributed by atoms with Crippen LogP contribution in [0.25, 0.3) is 0 Å². The minimum Gasteiger partial charge on any atom is -0.496 e. The molecule has 5 heteroatoms. The summed E-state index contributed by atoms with van der Waals surface area (Å²) in [6.07, 6.45) is 0. The third kappa shape index (κ3) is 4.19. The predicted molar refractivity (Wildman–Crippen MR) is 104 cm³/mol. The van der Waals surface area contributed by atoms with Gasteiger partial charge in [-0.05, 0) is 30.0 Å². The molecule has 0 N–H and O–H groups in total. The summed E-state index contributed by atoms with van der Waals surface area (Å²) in [4.78, 5) is 28.9. The molecule has 2 rings (SSSR count). The van der Waals surface area contributed by atoms with Gasteiger partial charge in [-0.25, -0.2) is 0 Å². The fraction of sp³-hybridized carbons (Fsp3) is 0.619. The first-order valence-corrected chi connectivity index (χ1v) is 9.33.